The number of aromatic nitrogens is 2. The maximum Gasteiger partial charge on any atom is 0.413 e. The molecule has 0 saturated carbocycles. The van der Waals surface area contributed by atoms with Gasteiger partial charge < -0.3 is 20.2 Å². The fourth-order valence-corrected chi connectivity index (χ4v) is 4.00. The van der Waals surface area contributed by atoms with E-state index in [2.05, 4.69) is 27.2 Å². The van der Waals surface area contributed by atoms with Crippen LogP contribution in [0.15, 0.2) is 48.7 Å². The van der Waals surface area contributed by atoms with Gasteiger partial charge in [0, 0.05) is 43.1 Å². The first kappa shape index (κ1) is 23.7. The van der Waals surface area contributed by atoms with Crippen LogP contribution in [0, 0.1) is 12.7 Å². The highest BCUT2D eigenvalue weighted by molar-refractivity contribution is 6.30. The van der Waals surface area contributed by atoms with E-state index in [9.17, 15) is 14.3 Å². The van der Waals surface area contributed by atoms with Crippen LogP contribution in [0.4, 0.5) is 32.3 Å². The Hall–Kier alpha value is -3.43. The van der Waals surface area contributed by atoms with Gasteiger partial charge in [0.2, 0.25) is 5.95 Å². The van der Waals surface area contributed by atoms with Gasteiger partial charge in [-0.25, -0.2) is 14.2 Å². The molecular formula is C24H26ClFN6O2. The zero-order valence-electron chi connectivity index (χ0n) is 19.0. The molecule has 34 heavy (non-hydrogen) atoms. The molecule has 0 atom stereocenters. The maximum atomic E-state index is 14.8. The summed E-state index contributed by atoms with van der Waals surface area (Å²) in [6, 6.07) is 11.7. The molecule has 0 radical (unpaired) electrons. The summed E-state index contributed by atoms with van der Waals surface area (Å²) in [5, 5.41) is 13.3. The molecule has 0 bridgehead atoms. The Morgan fingerprint density at radius 3 is 2.65 bits per heavy atom. The van der Waals surface area contributed by atoms with E-state index in [0.717, 1.165) is 42.2 Å². The summed E-state index contributed by atoms with van der Waals surface area (Å²) in [5.41, 5.74) is 2.71. The largest absolute Gasteiger partial charge is 0.465 e. The van der Waals surface area contributed by atoms with Crippen molar-refractivity contribution in [2.24, 2.45) is 0 Å². The molecule has 1 amide bonds. The molecule has 1 saturated heterocycles. The van der Waals surface area contributed by atoms with Crippen molar-refractivity contribution in [3.05, 3.63) is 70.6 Å². The number of hydrogen-bond acceptors (Lipinski definition) is 6. The summed E-state index contributed by atoms with van der Waals surface area (Å²) in [6.45, 7) is 5.26. The summed E-state index contributed by atoms with van der Waals surface area (Å²) >= 11 is 6.08. The Balaban J connectivity index is 1.52. The van der Waals surface area contributed by atoms with Gasteiger partial charge in [0.25, 0.3) is 0 Å². The quantitative estimate of drug-likeness (QED) is 0.522. The Kier molecular flexibility index (Phi) is 7.14. The Bertz CT molecular complexity index is 1190. The number of amides is 1. The number of benzene rings is 2. The van der Waals surface area contributed by atoms with Crippen molar-refractivity contribution >= 4 is 40.8 Å². The van der Waals surface area contributed by atoms with Crippen molar-refractivity contribution in [1.82, 2.24) is 14.9 Å². The van der Waals surface area contributed by atoms with Gasteiger partial charge in [-0.15, -0.1) is 0 Å². The van der Waals surface area contributed by atoms with Crippen LogP contribution in [0.25, 0.3) is 0 Å². The molecule has 1 fully saturated rings. The number of rotatable bonds is 6. The maximum absolute atomic E-state index is 14.8. The molecule has 178 valence electrons. The van der Waals surface area contributed by atoms with Gasteiger partial charge in [0.05, 0.1) is 12.2 Å². The Morgan fingerprint density at radius 2 is 1.94 bits per heavy atom. The fourth-order valence-electron chi connectivity index (χ4n) is 3.80. The van der Waals surface area contributed by atoms with Crippen molar-refractivity contribution < 1.29 is 14.3 Å². The van der Waals surface area contributed by atoms with Gasteiger partial charge in [-0.05, 0) is 61.5 Å². The normalized spacial score (nSPS) is 14.2. The van der Waals surface area contributed by atoms with Crippen LogP contribution < -0.4 is 15.1 Å². The lowest BCUT2D eigenvalue weighted by atomic mass is 10.1. The number of carbonyl (C=O) groups is 1. The number of likely N-dealkylation sites (N-methyl/N-ethyl adjacent to an activating group) is 1. The van der Waals surface area contributed by atoms with E-state index >= 15 is 0 Å². The minimum Gasteiger partial charge on any atom is -0.465 e. The molecule has 1 aliphatic heterocycles. The third-order valence-electron chi connectivity index (χ3n) is 5.84. The fraction of sp³-hybridized carbons (Fsp3) is 0.292. The first-order chi connectivity index (χ1) is 16.3. The standard InChI is InChI=1S/C24H26ClFN6O2/c1-16-3-4-18(25)13-17(16)15-32(24(33)34)22-7-8-27-23(29-22)28-19-5-6-21(20(26)14-19)31-11-9-30(2)10-12-31/h3-8,13-14H,9-12,15H2,1-2H3,(H,33,34)(H,27,28,29). The summed E-state index contributed by atoms with van der Waals surface area (Å²) in [7, 11) is 2.05. The number of nitrogens with one attached hydrogen (secondary N) is 1. The van der Waals surface area contributed by atoms with Gasteiger partial charge >= 0.3 is 6.09 Å². The van der Waals surface area contributed by atoms with E-state index in [1.165, 1.54) is 18.3 Å². The van der Waals surface area contributed by atoms with Crippen LogP contribution in [-0.4, -0.2) is 59.3 Å². The van der Waals surface area contributed by atoms with Gasteiger partial charge in [-0.1, -0.05) is 17.7 Å². The number of piperazine rings is 1. The Morgan fingerprint density at radius 1 is 1.18 bits per heavy atom. The predicted octanol–water partition coefficient (Wildman–Crippen LogP) is 4.76. The molecule has 2 aromatic carbocycles. The van der Waals surface area contributed by atoms with Crippen LogP contribution in [0.2, 0.25) is 5.02 Å². The molecule has 4 rings (SSSR count). The van der Waals surface area contributed by atoms with Gasteiger partial charge in [0.1, 0.15) is 11.6 Å². The monoisotopic (exact) mass is 484 g/mol. The smallest absolute Gasteiger partial charge is 0.413 e. The number of carboxylic acid groups (broad SMARTS) is 1. The molecular weight excluding hydrogens is 459 g/mol. The number of aryl methyl sites for hydroxylation is 1. The van der Waals surface area contributed by atoms with E-state index in [1.54, 1.807) is 24.3 Å². The minimum atomic E-state index is -1.16. The molecule has 0 aliphatic carbocycles. The molecule has 10 heteroatoms. The lowest BCUT2D eigenvalue weighted by Gasteiger charge is -2.34. The van der Waals surface area contributed by atoms with Crippen LogP contribution in [0.5, 0.6) is 0 Å². The second-order valence-corrected chi connectivity index (χ2v) is 8.70. The van der Waals surface area contributed by atoms with E-state index in [-0.39, 0.29) is 24.1 Å². The molecule has 1 aromatic heterocycles. The third kappa shape index (κ3) is 5.55. The van der Waals surface area contributed by atoms with Crippen molar-refractivity contribution in [3.63, 3.8) is 0 Å². The van der Waals surface area contributed by atoms with E-state index < -0.39 is 6.09 Å². The molecule has 0 unspecified atom stereocenters. The highest BCUT2D eigenvalue weighted by atomic mass is 35.5. The highest BCUT2D eigenvalue weighted by Gasteiger charge is 2.20. The summed E-state index contributed by atoms with van der Waals surface area (Å²) in [6.07, 6.45) is 0.298. The highest BCUT2D eigenvalue weighted by Crippen LogP contribution is 2.26. The first-order valence-corrected chi connectivity index (χ1v) is 11.3. The van der Waals surface area contributed by atoms with Crippen LogP contribution in [-0.2, 0) is 6.54 Å². The van der Waals surface area contributed by atoms with Crippen molar-refractivity contribution in [1.29, 1.82) is 0 Å². The van der Waals surface area contributed by atoms with E-state index in [0.29, 0.717) is 16.4 Å². The minimum absolute atomic E-state index is 0.0759. The van der Waals surface area contributed by atoms with Crippen molar-refractivity contribution in [2.45, 2.75) is 13.5 Å². The van der Waals surface area contributed by atoms with Crippen LogP contribution >= 0.6 is 11.6 Å². The lowest BCUT2D eigenvalue weighted by Crippen LogP contribution is -2.44. The molecule has 1 aliphatic rings. The predicted molar refractivity (Wildman–Crippen MR) is 132 cm³/mol. The molecule has 0 spiro atoms. The summed E-state index contributed by atoms with van der Waals surface area (Å²) in [5.74, 6) is 0.0199. The summed E-state index contributed by atoms with van der Waals surface area (Å²) in [4.78, 5) is 25.8. The molecule has 2 heterocycles. The zero-order chi connectivity index (χ0) is 24.2. The van der Waals surface area contributed by atoms with Gasteiger partial charge in [-0.2, -0.15) is 4.98 Å². The molecule has 2 N–H and O–H groups in total. The average molecular weight is 485 g/mol. The van der Waals surface area contributed by atoms with E-state index in [1.807, 2.05) is 17.9 Å². The number of halogens is 2. The third-order valence-corrected chi connectivity index (χ3v) is 6.07. The number of hydrogen-bond donors (Lipinski definition) is 2. The first-order valence-electron chi connectivity index (χ1n) is 10.9. The van der Waals surface area contributed by atoms with Crippen molar-refractivity contribution in [3.8, 4) is 0 Å². The lowest BCUT2D eigenvalue weighted by molar-refractivity contribution is 0.201. The second kappa shape index (κ2) is 10.2. The van der Waals surface area contributed by atoms with Gasteiger partial charge in [-0.3, -0.25) is 4.90 Å². The van der Waals surface area contributed by atoms with Crippen LogP contribution in [0.1, 0.15) is 11.1 Å². The SMILES string of the molecule is Cc1ccc(Cl)cc1CN(C(=O)O)c1ccnc(Nc2ccc(N3CCN(C)CC3)c(F)c2)n1. The molecule has 8 nitrogen and oxygen atoms in total. The van der Waals surface area contributed by atoms with Crippen LogP contribution in [0.3, 0.4) is 0 Å². The van der Waals surface area contributed by atoms with Crippen molar-refractivity contribution in [2.75, 3.05) is 48.3 Å². The summed E-state index contributed by atoms with van der Waals surface area (Å²) < 4.78 is 14.8. The Labute approximate surface area is 202 Å². The number of nitrogens with zero attached hydrogens (tertiary/aromatic N) is 5. The number of anilines is 4. The van der Waals surface area contributed by atoms with E-state index in [4.69, 9.17) is 11.6 Å². The topological polar surface area (TPSA) is 84.8 Å². The average Bonchev–Trinajstić information content (AvgIpc) is 2.80. The zero-order valence-corrected chi connectivity index (χ0v) is 19.8. The van der Waals surface area contributed by atoms with Gasteiger partial charge in [0.15, 0.2) is 0 Å². The molecule has 3 aromatic rings. The second-order valence-electron chi connectivity index (χ2n) is 8.26.